The lowest BCUT2D eigenvalue weighted by Gasteiger charge is -2.20. The molecule has 4 nitrogen and oxygen atoms in total. The SMILES string of the molecule is CN(CC1CCCC1)C(=O)c1ccc(=O)[nH]c1. The summed E-state index contributed by atoms with van der Waals surface area (Å²) < 4.78 is 0. The standard InChI is InChI=1S/C13H18N2O2/c1-15(9-10-4-2-3-5-10)13(17)11-6-7-12(16)14-8-11/h6-8,10H,2-5,9H2,1H3,(H,14,16). The third-order valence-corrected chi connectivity index (χ3v) is 3.38. The molecule has 0 atom stereocenters. The first-order chi connectivity index (χ1) is 8.16. The van der Waals surface area contributed by atoms with Crippen LogP contribution in [-0.2, 0) is 0 Å². The summed E-state index contributed by atoms with van der Waals surface area (Å²) >= 11 is 0. The van der Waals surface area contributed by atoms with Crippen molar-refractivity contribution < 1.29 is 4.79 Å². The molecule has 17 heavy (non-hydrogen) atoms. The highest BCUT2D eigenvalue weighted by Gasteiger charge is 2.20. The summed E-state index contributed by atoms with van der Waals surface area (Å²) in [5.74, 6) is 0.625. The molecular formula is C13H18N2O2. The molecule has 1 aliphatic rings. The topological polar surface area (TPSA) is 53.2 Å². The maximum absolute atomic E-state index is 12.0. The van der Waals surface area contributed by atoms with Crippen LogP contribution in [0, 0.1) is 5.92 Å². The van der Waals surface area contributed by atoms with E-state index in [-0.39, 0.29) is 11.5 Å². The Morgan fingerprint density at radius 3 is 2.71 bits per heavy atom. The number of amides is 1. The summed E-state index contributed by atoms with van der Waals surface area (Å²) in [5, 5.41) is 0. The monoisotopic (exact) mass is 234 g/mol. The molecule has 0 saturated heterocycles. The number of nitrogens with one attached hydrogen (secondary N) is 1. The molecule has 0 bridgehead atoms. The third-order valence-electron chi connectivity index (χ3n) is 3.38. The number of rotatable bonds is 3. The van der Waals surface area contributed by atoms with Gasteiger partial charge in [-0.3, -0.25) is 9.59 Å². The van der Waals surface area contributed by atoms with Crippen molar-refractivity contribution in [3.05, 3.63) is 34.2 Å². The predicted octanol–water partition coefficient (Wildman–Crippen LogP) is 1.64. The van der Waals surface area contributed by atoms with Crippen LogP contribution in [0.3, 0.4) is 0 Å². The van der Waals surface area contributed by atoms with E-state index in [1.165, 1.54) is 37.9 Å². The maximum atomic E-state index is 12.0. The second-order valence-corrected chi connectivity index (χ2v) is 4.78. The van der Waals surface area contributed by atoms with Crippen molar-refractivity contribution in [3.63, 3.8) is 0 Å². The smallest absolute Gasteiger partial charge is 0.255 e. The number of aromatic nitrogens is 1. The van der Waals surface area contributed by atoms with E-state index in [9.17, 15) is 9.59 Å². The number of H-pyrrole nitrogens is 1. The van der Waals surface area contributed by atoms with Crippen LogP contribution in [-0.4, -0.2) is 29.4 Å². The molecule has 0 spiro atoms. The first-order valence-corrected chi connectivity index (χ1v) is 6.11. The summed E-state index contributed by atoms with van der Waals surface area (Å²) in [6.45, 7) is 0.817. The van der Waals surface area contributed by atoms with Crippen LogP contribution in [0.2, 0.25) is 0 Å². The van der Waals surface area contributed by atoms with E-state index in [4.69, 9.17) is 0 Å². The lowest BCUT2D eigenvalue weighted by atomic mass is 10.1. The Kier molecular flexibility index (Phi) is 3.61. The second kappa shape index (κ2) is 5.17. The van der Waals surface area contributed by atoms with Crippen LogP contribution in [0.4, 0.5) is 0 Å². The van der Waals surface area contributed by atoms with Crippen molar-refractivity contribution in [2.75, 3.05) is 13.6 Å². The van der Waals surface area contributed by atoms with E-state index in [0.29, 0.717) is 11.5 Å². The zero-order chi connectivity index (χ0) is 12.3. The van der Waals surface area contributed by atoms with Gasteiger partial charge in [0.25, 0.3) is 5.91 Å². The Hall–Kier alpha value is -1.58. The number of nitrogens with zero attached hydrogens (tertiary/aromatic N) is 1. The number of hydrogen-bond donors (Lipinski definition) is 1. The number of carbonyl (C=O) groups excluding carboxylic acids is 1. The summed E-state index contributed by atoms with van der Waals surface area (Å²) in [7, 11) is 1.83. The lowest BCUT2D eigenvalue weighted by Crippen LogP contribution is -2.31. The van der Waals surface area contributed by atoms with E-state index in [2.05, 4.69) is 4.98 Å². The van der Waals surface area contributed by atoms with Gasteiger partial charge in [-0.2, -0.15) is 0 Å². The van der Waals surface area contributed by atoms with E-state index >= 15 is 0 Å². The van der Waals surface area contributed by atoms with Crippen molar-refractivity contribution >= 4 is 5.91 Å². The first-order valence-electron chi connectivity index (χ1n) is 6.11. The van der Waals surface area contributed by atoms with Gasteiger partial charge in [0, 0.05) is 25.9 Å². The molecule has 1 aromatic rings. The fraction of sp³-hybridized carbons (Fsp3) is 0.538. The minimum Gasteiger partial charge on any atom is -0.341 e. The van der Waals surface area contributed by atoms with Gasteiger partial charge in [0.1, 0.15) is 0 Å². The van der Waals surface area contributed by atoms with Gasteiger partial charge in [0.05, 0.1) is 5.56 Å². The molecule has 0 radical (unpaired) electrons. The Balaban J connectivity index is 1.98. The van der Waals surface area contributed by atoms with Gasteiger partial charge in [0.2, 0.25) is 5.56 Å². The second-order valence-electron chi connectivity index (χ2n) is 4.78. The van der Waals surface area contributed by atoms with Crippen LogP contribution >= 0.6 is 0 Å². The summed E-state index contributed by atoms with van der Waals surface area (Å²) in [6.07, 6.45) is 6.50. The molecule has 1 fully saturated rings. The maximum Gasteiger partial charge on any atom is 0.255 e. The van der Waals surface area contributed by atoms with E-state index in [0.717, 1.165) is 6.54 Å². The van der Waals surface area contributed by atoms with E-state index in [1.54, 1.807) is 11.0 Å². The quantitative estimate of drug-likeness (QED) is 0.864. The molecule has 1 amide bonds. The van der Waals surface area contributed by atoms with Crippen molar-refractivity contribution in [1.82, 2.24) is 9.88 Å². The lowest BCUT2D eigenvalue weighted by molar-refractivity contribution is 0.0773. The van der Waals surface area contributed by atoms with Crippen molar-refractivity contribution in [3.8, 4) is 0 Å². The summed E-state index contributed by atoms with van der Waals surface area (Å²) in [5.41, 5.74) is 0.366. The Morgan fingerprint density at radius 1 is 1.41 bits per heavy atom. The Bertz CT molecular complexity index is 426. The van der Waals surface area contributed by atoms with Gasteiger partial charge in [-0.15, -0.1) is 0 Å². The van der Waals surface area contributed by atoms with Crippen molar-refractivity contribution in [2.45, 2.75) is 25.7 Å². The third kappa shape index (κ3) is 2.96. The van der Waals surface area contributed by atoms with E-state index in [1.807, 2.05) is 7.05 Å². The zero-order valence-corrected chi connectivity index (χ0v) is 10.1. The minimum absolute atomic E-state index is 0.0202. The largest absolute Gasteiger partial charge is 0.341 e. The van der Waals surface area contributed by atoms with Gasteiger partial charge in [-0.25, -0.2) is 0 Å². The van der Waals surface area contributed by atoms with Gasteiger partial charge in [-0.05, 0) is 24.8 Å². The van der Waals surface area contributed by atoms with Crippen LogP contribution in [0.25, 0.3) is 0 Å². The van der Waals surface area contributed by atoms with Gasteiger partial charge in [-0.1, -0.05) is 12.8 Å². The Morgan fingerprint density at radius 2 is 2.12 bits per heavy atom. The highest BCUT2D eigenvalue weighted by atomic mass is 16.2. The Labute approximate surface area is 101 Å². The molecule has 1 saturated carbocycles. The molecule has 1 aromatic heterocycles. The average molecular weight is 234 g/mol. The minimum atomic E-state index is -0.181. The van der Waals surface area contributed by atoms with Crippen molar-refractivity contribution in [2.24, 2.45) is 5.92 Å². The molecule has 0 aromatic carbocycles. The molecule has 4 heteroatoms. The van der Waals surface area contributed by atoms with Crippen LogP contribution in [0.15, 0.2) is 23.1 Å². The highest BCUT2D eigenvalue weighted by Crippen LogP contribution is 2.25. The molecule has 1 aliphatic carbocycles. The van der Waals surface area contributed by atoms with Crippen molar-refractivity contribution in [1.29, 1.82) is 0 Å². The molecule has 2 rings (SSSR count). The molecule has 1 heterocycles. The zero-order valence-electron chi connectivity index (χ0n) is 10.1. The molecule has 1 N–H and O–H groups in total. The highest BCUT2D eigenvalue weighted by molar-refractivity contribution is 5.93. The van der Waals surface area contributed by atoms with Gasteiger partial charge >= 0.3 is 0 Å². The first kappa shape index (κ1) is 11.9. The molecule has 0 aliphatic heterocycles. The summed E-state index contributed by atoms with van der Waals surface area (Å²) in [4.78, 5) is 27.2. The number of hydrogen-bond acceptors (Lipinski definition) is 2. The van der Waals surface area contributed by atoms with Crippen LogP contribution in [0.1, 0.15) is 36.0 Å². The molecule has 92 valence electrons. The number of pyridine rings is 1. The average Bonchev–Trinajstić information content (AvgIpc) is 2.82. The van der Waals surface area contributed by atoms with E-state index < -0.39 is 0 Å². The molecule has 0 unspecified atom stereocenters. The summed E-state index contributed by atoms with van der Waals surface area (Å²) in [6, 6.07) is 2.96. The normalized spacial score (nSPS) is 16.1. The van der Waals surface area contributed by atoms with Crippen LogP contribution in [0.5, 0.6) is 0 Å². The molecular weight excluding hydrogens is 216 g/mol. The predicted molar refractivity (Wildman–Crippen MR) is 66.0 cm³/mol. The van der Waals surface area contributed by atoms with Gasteiger partial charge < -0.3 is 9.88 Å². The fourth-order valence-corrected chi connectivity index (χ4v) is 2.43. The van der Waals surface area contributed by atoms with Crippen LogP contribution < -0.4 is 5.56 Å². The number of carbonyl (C=O) groups is 1. The van der Waals surface area contributed by atoms with Gasteiger partial charge in [0.15, 0.2) is 0 Å². The number of aromatic amines is 1. The fourth-order valence-electron chi connectivity index (χ4n) is 2.43.